The van der Waals surface area contributed by atoms with Gasteiger partial charge in [0.05, 0.1) is 27.2 Å². The molecule has 13 heavy (non-hydrogen) atoms. The lowest BCUT2D eigenvalue weighted by molar-refractivity contribution is -0.884. The maximum absolute atomic E-state index is 5.05. The Bertz CT molecular complexity index is 151. The summed E-state index contributed by atoms with van der Waals surface area (Å²) >= 11 is 0. The molecule has 0 saturated heterocycles. The first-order valence-electron chi connectivity index (χ1n) is 4.42. The van der Waals surface area contributed by atoms with E-state index in [1.54, 1.807) is 7.11 Å². The van der Waals surface area contributed by atoms with E-state index >= 15 is 0 Å². The van der Waals surface area contributed by atoms with Crippen molar-refractivity contribution in [1.82, 2.24) is 0 Å². The topological polar surface area (TPSA) is 9.23 Å². The molecule has 0 aliphatic rings. The van der Waals surface area contributed by atoms with Crippen molar-refractivity contribution in [2.45, 2.75) is 13.8 Å². The van der Waals surface area contributed by atoms with E-state index in [2.05, 4.69) is 34.0 Å². The molecule has 0 bridgehead atoms. The second kappa shape index (κ2) is 7.54. The maximum atomic E-state index is 5.05. The molecule has 0 aliphatic heterocycles. The van der Waals surface area contributed by atoms with Crippen LogP contribution in [0.15, 0.2) is 11.6 Å². The molecule has 0 atom stereocenters. The van der Waals surface area contributed by atoms with Crippen molar-refractivity contribution in [3.63, 3.8) is 0 Å². The monoisotopic (exact) mass is 251 g/mol. The van der Waals surface area contributed by atoms with Crippen LogP contribution in [0.2, 0.25) is 0 Å². The van der Waals surface area contributed by atoms with E-state index in [-0.39, 0.29) is 17.0 Å². The van der Waals surface area contributed by atoms with Crippen LogP contribution in [0.1, 0.15) is 13.8 Å². The number of hydrogen-bond donors (Lipinski definition) is 0. The van der Waals surface area contributed by atoms with Crippen LogP contribution in [0.5, 0.6) is 0 Å². The standard InChI is InChI=1S/C10H22NO.BrH/c1-10(2)6-7-11(3,4)8-9-12-5;/h6H,7-9H2,1-5H3;1H/q+1;/p-1. The van der Waals surface area contributed by atoms with Crippen LogP contribution >= 0.6 is 0 Å². The van der Waals surface area contributed by atoms with Crippen molar-refractivity contribution < 1.29 is 26.2 Å². The third-order valence-electron chi connectivity index (χ3n) is 1.89. The number of allylic oxidation sites excluding steroid dienone is 1. The normalized spacial score (nSPS) is 10.5. The van der Waals surface area contributed by atoms with Gasteiger partial charge >= 0.3 is 0 Å². The third-order valence-corrected chi connectivity index (χ3v) is 1.89. The summed E-state index contributed by atoms with van der Waals surface area (Å²) in [5.41, 5.74) is 1.39. The van der Waals surface area contributed by atoms with E-state index in [9.17, 15) is 0 Å². The molecule has 0 aromatic carbocycles. The molecule has 0 aromatic heterocycles. The molecule has 2 nitrogen and oxygen atoms in total. The molecule has 0 rings (SSSR count). The lowest BCUT2D eigenvalue weighted by atomic mass is 10.3. The van der Waals surface area contributed by atoms with Gasteiger partial charge < -0.3 is 26.2 Å². The highest BCUT2D eigenvalue weighted by Gasteiger charge is 2.11. The molecule has 0 fully saturated rings. The molecule has 0 aromatic rings. The first-order chi connectivity index (χ1) is 5.48. The Morgan fingerprint density at radius 2 is 1.85 bits per heavy atom. The summed E-state index contributed by atoms with van der Waals surface area (Å²) in [4.78, 5) is 0. The van der Waals surface area contributed by atoms with E-state index in [4.69, 9.17) is 4.74 Å². The summed E-state index contributed by atoms with van der Waals surface area (Å²) < 4.78 is 6.05. The molecule has 0 heterocycles. The predicted molar refractivity (Wildman–Crippen MR) is 53.1 cm³/mol. The smallest absolute Gasteiger partial charge is 0.102 e. The lowest BCUT2D eigenvalue weighted by Gasteiger charge is -2.28. The van der Waals surface area contributed by atoms with Crippen molar-refractivity contribution in [3.05, 3.63) is 11.6 Å². The predicted octanol–water partition coefficient (Wildman–Crippen LogP) is -1.32. The van der Waals surface area contributed by atoms with Gasteiger partial charge in [0, 0.05) is 7.11 Å². The largest absolute Gasteiger partial charge is 1.00 e. The second-order valence-electron chi connectivity index (χ2n) is 4.12. The van der Waals surface area contributed by atoms with Crippen LogP contribution < -0.4 is 17.0 Å². The number of quaternary nitrogens is 1. The number of ether oxygens (including phenoxy) is 1. The first kappa shape index (κ1) is 15.6. The molecule has 0 amide bonds. The zero-order chi connectivity index (χ0) is 9.61. The van der Waals surface area contributed by atoms with Crippen molar-refractivity contribution in [2.75, 3.05) is 40.9 Å². The van der Waals surface area contributed by atoms with Crippen molar-refractivity contribution in [2.24, 2.45) is 0 Å². The van der Waals surface area contributed by atoms with Crippen LogP contribution in [-0.4, -0.2) is 45.4 Å². The minimum atomic E-state index is 0. The van der Waals surface area contributed by atoms with E-state index in [1.807, 2.05) is 0 Å². The number of hydrogen-bond acceptors (Lipinski definition) is 1. The molecule has 0 unspecified atom stereocenters. The molecule has 3 heteroatoms. The van der Waals surface area contributed by atoms with E-state index in [1.165, 1.54) is 5.57 Å². The molecule has 0 N–H and O–H groups in total. The first-order valence-corrected chi connectivity index (χ1v) is 4.42. The molecule has 80 valence electrons. The SMILES string of the molecule is COCC[N+](C)(C)CC=C(C)C.[Br-]. The van der Waals surface area contributed by atoms with Crippen LogP contribution in [0.4, 0.5) is 0 Å². The van der Waals surface area contributed by atoms with Crippen molar-refractivity contribution in [3.8, 4) is 0 Å². The average molecular weight is 252 g/mol. The molecular weight excluding hydrogens is 230 g/mol. The van der Waals surface area contributed by atoms with Gasteiger partial charge in [0.1, 0.15) is 6.54 Å². The number of methoxy groups -OCH3 is 1. The third kappa shape index (κ3) is 10.1. The quantitative estimate of drug-likeness (QED) is 0.435. The van der Waals surface area contributed by atoms with Crippen molar-refractivity contribution in [1.29, 1.82) is 0 Å². The van der Waals surface area contributed by atoms with Gasteiger partial charge in [-0.3, -0.25) is 0 Å². The van der Waals surface area contributed by atoms with Crippen LogP contribution in [0, 0.1) is 0 Å². The van der Waals surface area contributed by atoms with Crippen molar-refractivity contribution >= 4 is 0 Å². The van der Waals surface area contributed by atoms with Gasteiger partial charge in [0.25, 0.3) is 0 Å². The van der Waals surface area contributed by atoms with Gasteiger partial charge in [0.2, 0.25) is 0 Å². The summed E-state index contributed by atoms with van der Waals surface area (Å²) in [7, 11) is 6.19. The van der Waals surface area contributed by atoms with Crippen LogP contribution in [0.3, 0.4) is 0 Å². The highest BCUT2D eigenvalue weighted by molar-refractivity contribution is 4.92. The number of likely N-dealkylation sites (N-methyl/N-ethyl adjacent to an activating group) is 1. The highest BCUT2D eigenvalue weighted by Crippen LogP contribution is 1.99. The summed E-state index contributed by atoms with van der Waals surface area (Å²) in [5.74, 6) is 0. The van der Waals surface area contributed by atoms with Gasteiger partial charge in [0.15, 0.2) is 0 Å². The molecule has 0 saturated carbocycles. The average Bonchev–Trinajstić information content (AvgIpc) is 1.98. The Labute approximate surface area is 92.9 Å². The van der Waals surface area contributed by atoms with E-state index in [0.29, 0.717) is 0 Å². The Kier molecular flexibility index (Phi) is 9.05. The van der Waals surface area contributed by atoms with Gasteiger partial charge in [-0.1, -0.05) is 5.57 Å². The fourth-order valence-corrected chi connectivity index (χ4v) is 0.859. The lowest BCUT2D eigenvalue weighted by Crippen LogP contribution is -3.00. The number of halogens is 1. The highest BCUT2D eigenvalue weighted by atomic mass is 79.9. The Balaban J connectivity index is 0. The molecule has 0 radical (unpaired) electrons. The van der Waals surface area contributed by atoms with Gasteiger partial charge in [-0.25, -0.2) is 0 Å². The number of nitrogens with zero attached hydrogens (tertiary/aromatic N) is 1. The molecule has 0 aliphatic carbocycles. The molecular formula is C10H22BrNO. The fraction of sp³-hybridized carbons (Fsp3) is 0.800. The Morgan fingerprint density at radius 1 is 1.31 bits per heavy atom. The van der Waals surface area contributed by atoms with E-state index in [0.717, 1.165) is 24.2 Å². The Hall–Kier alpha value is 0.140. The molecule has 0 spiro atoms. The number of rotatable bonds is 5. The minimum absolute atomic E-state index is 0. The summed E-state index contributed by atoms with van der Waals surface area (Å²) in [6, 6.07) is 0. The van der Waals surface area contributed by atoms with Crippen LogP contribution in [0.25, 0.3) is 0 Å². The Morgan fingerprint density at radius 3 is 2.23 bits per heavy atom. The summed E-state index contributed by atoms with van der Waals surface area (Å²) in [5, 5.41) is 0. The zero-order valence-corrected chi connectivity index (χ0v) is 11.0. The maximum Gasteiger partial charge on any atom is 0.102 e. The van der Waals surface area contributed by atoms with Gasteiger partial charge in [-0.05, 0) is 19.9 Å². The second-order valence-corrected chi connectivity index (χ2v) is 4.12. The minimum Gasteiger partial charge on any atom is -1.00 e. The van der Waals surface area contributed by atoms with Gasteiger partial charge in [-0.2, -0.15) is 0 Å². The zero-order valence-electron chi connectivity index (χ0n) is 9.43. The summed E-state index contributed by atoms with van der Waals surface area (Å²) in [6.07, 6.45) is 2.27. The summed E-state index contributed by atoms with van der Waals surface area (Å²) in [6.45, 7) is 7.27. The van der Waals surface area contributed by atoms with Gasteiger partial charge in [-0.15, -0.1) is 0 Å². The van der Waals surface area contributed by atoms with E-state index < -0.39 is 0 Å². The fourth-order valence-electron chi connectivity index (χ4n) is 0.859. The van der Waals surface area contributed by atoms with Crippen LogP contribution in [-0.2, 0) is 4.74 Å².